The van der Waals surface area contributed by atoms with Crippen molar-refractivity contribution in [1.29, 1.82) is 0 Å². The SMILES string of the molecule is CCCCN(C(=O)CN(Cc1c(F)cccc1Cl)C1CC1)c1c(N)n(CCC)c(=O)[nH]c1=O. The second kappa shape index (κ2) is 11.0. The zero-order chi connectivity index (χ0) is 24.1. The topological polar surface area (TPSA) is 104 Å². The molecule has 10 heteroatoms. The van der Waals surface area contributed by atoms with Crippen LogP contribution in [0.3, 0.4) is 0 Å². The molecular formula is C23H31ClFN5O3. The summed E-state index contributed by atoms with van der Waals surface area (Å²) in [6.07, 6.45) is 3.89. The van der Waals surface area contributed by atoms with Crippen LogP contribution in [0.15, 0.2) is 27.8 Å². The average molecular weight is 480 g/mol. The van der Waals surface area contributed by atoms with E-state index in [-0.39, 0.29) is 43.1 Å². The first-order valence-corrected chi connectivity index (χ1v) is 11.8. The number of nitrogens with two attached hydrogens (primary N) is 1. The third kappa shape index (κ3) is 5.83. The van der Waals surface area contributed by atoms with E-state index in [9.17, 15) is 18.8 Å². The zero-order valence-electron chi connectivity index (χ0n) is 19.1. The Morgan fingerprint density at radius 3 is 2.61 bits per heavy atom. The Balaban J connectivity index is 1.93. The number of carbonyl (C=O) groups is 1. The van der Waals surface area contributed by atoms with Gasteiger partial charge in [-0.1, -0.05) is 37.9 Å². The van der Waals surface area contributed by atoms with Crippen molar-refractivity contribution in [2.75, 3.05) is 23.7 Å². The molecule has 1 aliphatic rings. The number of benzene rings is 1. The first-order valence-electron chi connectivity index (χ1n) is 11.4. The molecule has 180 valence electrons. The van der Waals surface area contributed by atoms with Crippen LogP contribution in [0, 0.1) is 5.82 Å². The number of rotatable bonds is 11. The van der Waals surface area contributed by atoms with Gasteiger partial charge in [0.05, 0.1) is 6.54 Å². The maximum atomic E-state index is 14.4. The second-order valence-electron chi connectivity index (χ2n) is 8.38. The quantitative estimate of drug-likeness (QED) is 0.515. The number of aromatic amines is 1. The van der Waals surface area contributed by atoms with Gasteiger partial charge in [0.25, 0.3) is 5.56 Å². The molecule has 0 spiro atoms. The Kier molecular flexibility index (Phi) is 8.31. The van der Waals surface area contributed by atoms with Gasteiger partial charge in [0.15, 0.2) is 5.69 Å². The molecule has 0 saturated heterocycles. The molecule has 1 heterocycles. The molecule has 1 fully saturated rings. The van der Waals surface area contributed by atoms with Crippen molar-refractivity contribution in [3.05, 3.63) is 55.4 Å². The normalized spacial score (nSPS) is 13.5. The number of nitrogens with zero attached hydrogens (tertiary/aromatic N) is 3. The number of nitrogens with one attached hydrogen (secondary N) is 1. The second-order valence-corrected chi connectivity index (χ2v) is 8.79. The number of H-pyrrole nitrogens is 1. The van der Waals surface area contributed by atoms with Crippen LogP contribution < -0.4 is 21.9 Å². The summed E-state index contributed by atoms with van der Waals surface area (Å²) in [5.74, 6) is -0.775. The lowest BCUT2D eigenvalue weighted by Crippen LogP contribution is -2.46. The molecule has 1 saturated carbocycles. The number of hydrogen-bond acceptors (Lipinski definition) is 5. The minimum absolute atomic E-state index is 0.0128. The molecule has 1 aromatic carbocycles. The van der Waals surface area contributed by atoms with Crippen molar-refractivity contribution < 1.29 is 9.18 Å². The van der Waals surface area contributed by atoms with E-state index in [1.165, 1.54) is 15.5 Å². The van der Waals surface area contributed by atoms with Gasteiger partial charge in [0.1, 0.15) is 11.6 Å². The highest BCUT2D eigenvalue weighted by molar-refractivity contribution is 6.31. The fraction of sp³-hybridized carbons (Fsp3) is 0.522. The zero-order valence-corrected chi connectivity index (χ0v) is 19.8. The summed E-state index contributed by atoms with van der Waals surface area (Å²) < 4.78 is 15.7. The van der Waals surface area contributed by atoms with E-state index in [4.69, 9.17) is 17.3 Å². The van der Waals surface area contributed by atoms with Crippen LogP contribution in [0.5, 0.6) is 0 Å². The molecule has 0 bridgehead atoms. The van der Waals surface area contributed by atoms with Gasteiger partial charge in [0.2, 0.25) is 5.91 Å². The van der Waals surface area contributed by atoms with Crippen molar-refractivity contribution >= 4 is 29.0 Å². The Labute approximate surface area is 197 Å². The molecule has 0 radical (unpaired) electrons. The van der Waals surface area contributed by atoms with Gasteiger partial charge in [-0.2, -0.15) is 0 Å². The van der Waals surface area contributed by atoms with Crippen LogP contribution in [-0.4, -0.2) is 39.5 Å². The summed E-state index contributed by atoms with van der Waals surface area (Å²) in [5.41, 5.74) is 5.26. The third-order valence-corrected chi connectivity index (χ3v) is 6.15. The largest absolute Gasteiger partial charge is 0.383 e. The highest BCUT2D eigenvalue weighted by Crippen LogP contribution is 2.31. The predicted octanol–water partition coefficient (Wildman–Crippen LogP) is 3.12. The van der Waals surface area contributed by atoms with Gasteiger partial charge in [0, 0.05) is 36.3 Å². The summed E-state index contributed by atoms with van der Waals surface area (Å²) in [6, 6.07) is 4.65. The molecular weight excluding hydrogens is 449 g/mol. The summed E-state index contributed by atoms with van der Waals surface area (Å²) in [6.45, 7) is 4.63. The number of hydrogen-bond donors (Lipinski definition) is 2. The van der Waals surface area contributed by atoms with Gasteiger partial charge >= 0.3 is 5.69 Å². The molecule has 3 rings (SSSR count). The monoisotopic (exact) mass is 479 g/mol. The Morgan fingerprint density at radius 1 is 1.27 bits per heavy atom. The lowest BCUT2D eigenvalue weighted by atomic mass is 10.2. The molecule has 0 unspecified atom stereocenters. The number of aromatic nitrogens is 2. The Hall–Kier alpha value is -2.65. The number of halogens is 2. The minimum atomic E-state index is -0.690. The molecule has 33 heavy (non-hydrogen) atoms. The van der Waals surface area contributed by atoms with Crippen molar-refractivity contribution in [2.24, 2.45) is 0 Å². The van der Waals surface area contributed by atoms with Crippen molar-refractivity contribution in [3.63, 3.8) is 0 Å². The van der Waals surface area contributed by atoms with E-state index in [2.05, 4.69) is 4.98 Å². The van der Waals surface area contributed by atoms with Gasteiger partial charge in [-0.05, 0) is 37.8 Å². The maximum absolute atomic E-state index is 14.4. The van der Waals surface area contributed by atoms with Gasteiger partial charge in [-0.3, -0.25) is 24.0 Å². The number of amides is 1. The third-order valence-electron chi connectivity index (χ3n) is 5.79. The van der Waals surface area contributed by atoms with E-state index in [1.807, 2.05) is 18.7 Å². The highest BCUT2D eigenvalue weighted by atomic mass is 35.5. The van der Waals surface area contributed by atoms with Crippen LogP contribution in [0.25, 0.3) is 0 Å². The summed E-state index contributed by atoms with van der Waals surface area (Å²) in [4.78, 5) is 43.9. The summed E-state index contributed by atoms with van der Waals surface area (Å²) >= 11 is 6.21. The van der Waals surface area contributed by atoms with E-state index < -0.39 is 17.1 Å². The Morgan fingerprint density at radius 2 is 2.00 bits per heavy atom. The summed E-state index contributed by atoms with van der Waals surface area (Å²) in [5, 5.41) is 0.309. The van der Waals surface area contributed by atoms with E-state index in [0.717, 1.165) is 19.3 Å². The molecule has 1 amide bonds. The number of anilines is 2. The summed E-state index contributed by atoms with van der Waals surface area (Å²) in [7, 11) is 0. The van der Waals surface area contributed by atoms with Crippen molar-refractivity contribution in [1.82, 2.24) is 14.5 Å². The van der Waals surface area contributed by atoms with Crippen molar-refractivity contribution in [2.45, 2.75) is 65.1 Å². The predicted molar refractivity (Wildman–Crippen MR) is 128 cm³/mol. The highest BCUT2D eigenvalue weighted by Gasteiger charge is 2.33. The molecule has 1 aromatic heterocycles. The first kappa shape index (κ1) is 25.0. The van der Waals surface area contributed by atoms with E-state index in [1.54, 1.807) is 12.1 Å². The van der Waals surface area contributed by atoms with Gasteiger partial charge in [-0.15, -0.1) is 0 Å². The lowest BCUT2D eigenvalue weighted by Gasteiger charge is -2.28. The molecule has 8 nitrogen and oxygen atoms in total. The van der Waals surface area contributed by atoms with Crippen molar-refractivity contribution in [3.8, 4) is 0 Å². The number of unbranched alkanes of at least 4 members (excludes halogenated alkanes) is 1. The molecule has 0 aliphatic heterocycles. The van der Waals surface area contributed by atoms with Crippen LogP contribution >= 0.6 is 11.6 Å². The van der Waals surface area contributed by atoms with E-state index in [0.29, 0.717) is 30.0 Å². The molecule has 0 atom stereocenters. The number of carbonyl (C=O) groups excluding carboxylic acids is 1. The smallest absolute Gasteiger partial charge is 0.330 e. The average Bonchev–Trinajstić information content (AvgIpc) is 3.60. The fourth-order valence-corrected chi connectivity index (χ4v) is 4.08. The molecule has 2 aromatic rings. The van der Waals surface area contributed by atoms with Crippen LogP contribution in [-0.2, 0) is 17.9 Å². The fourth-order valence-electron chi connectivity index (χ4n) is 3.86. The lowest BCUT2D eigenvalue weighted by molar-refractivity contribution is -0.120. The molecule has 1 aliphatic carbocycles. The van der Waals surface area contributed by atoms with Crippen LogP contribution in [0.1, 0.15) is 51.5 Å². The van der Waals surface area contributed by atoms with Gasteiger partial charge < -0.3 is 10.6 Å². The standard InChI is InChI=1S/C23H31ClFN5O3/c1-3-5-12-29(20-21(26)30(11-4-2)23(33)27-22(20)32)19(31)14-28(15-9-10-15)13-16-17(24)7-6-8-18(16)25/h6-8,15H,3-5,9-14,26H2,1-2H3,(H,27,32,33). The Bertz CT molecular complexity index is 1090. The maximum Gasteiger partial charge on any atom is 0.330 e. The van der Waals surface area contributed by atoms with Crippen LogP contribution in [0.4, 0.5) is 15.9 Å². The first-order chi connectivity index (χ1) is 15.8. The minimum Gasteiger partial charge on any atom is -0.383 e. The number of nitrogen functional groups attached to an aromatic ring is 1. The molecule has 3 N–H and O–H groups in total. The van der Waals surface area contributed by atoms with Gasteiger partial charge in [-0.25, -0.2) is 9.18 Å². The van der Waals surface area contributed by atoms with E-state index >= 15 is 0 Å². The van der Waals surface area contributed by atoms with Crippen LogP contribution in [0.2, 0.25) is 5.02 Å².